The molecule has 23 heavy (non-hydrogen) atoms. The number of rotatable bonds is 2. The first-order valence-corrected chi connectivity index (χ1v) is 7.24. The number of aliphatic imine (C=N–C) groups is 3. The van der Waals surface area contributed by atoms with Gasteiger partial charge in [-0.1, -0.05) is 18.7 Å². The highest BCUT2D eigenvalue weighted by Crippen LogP contribution is 1.98. The number of aromatic nitrogens is 2. The molecule has 0 aliphatic carbocycles. The molecular weight excluding hydrogens is 286 g/mol. The van der Waals surface area contributed by atoms with Crippen LogP contribution in [-0.2, 0) is 0 Å². The quantitative estimate of drug-likeness (QED) is 0.612. The van der Waals surface area contributed by atoms with Gasteiger partial charge < -0.3 is 0 Å². The number of nitrogens with zero attached hydrogens (tertiary/aromatic N) is 5. The van der Waals surface area contributed by atoms with Gasteiger partial charge in [0.2, 0.25) is 0 Å². The zero-order valence-electron chi connectivity index (χ0n) is 14.3. The van der Waals surface area contributed by atoms with Crippen molar-refractivity contribution in [3.8, 4) is 0 Å². The van der Waals surface area contributed by atoms with E-state index < -0.39 is 0 Å². The second kappa shape index (κ2) is 14.3. The van der Waals surface area contributed by atoms with E-state index in [1.165, 1.54) is 5.57 Å². The molecule has 0 spiro atoms. The predicted octanol–water partition coefficient (Wildman–Crippen LogP) is 4.00. The molecular formula is C18H25N5. The summed E-state index contributed by atoms with van der Waals surface area (Å²) >= 11 is 0. The maximum absolute atomic E-state index is 3.87. The molecule has 5 nitrogen and oxygen atoms in total. The van der Waals surface area contributed by atoms with E-state index in [4.69, 9.17) is 0 Å². The summed E-state index contributed by atoms with van der Waals surface area (Å²) in [5, 5.41) is 7.36. The molecule has 0 aromatic carbocycles. The van der Waals surface area contributed by atoms with Crippen LogP contribution in [0.1, 0.15) is 26.0 Å². The van der Waals surface area contributed by atoms with Crippen LogP contribution in [0.4, 0.5) is 0 Å². The van der Waals surface area contributed by atoms with Crippen LogP contribution in [0, 0.1) is 6.92 Å². The predicted molar refractivity (Wildman–Crippen MR) is 100 cm³/mol. The number of allylic oxidation sites excluding steroid dienone is 4. The normalized spacial score (nSPS) is 13.2. The van der Waals surface area contributed by atoms with Crippen LogP contribution in [0.25, 0.3) is 0 Å². The number of hydrogen-bond donors (Lipinski definition) is 0. The summed E-state index contributed by atoms with van der Waals surface area (Å²) in [6, 6.07) is 3.77. The first kappa shape index (κ1) is 20.3. The van der Waals surface area contributed by atoms with Gasteiger partial charge in [0, 0.05) is 38.3 Å². The second-order valence-electron chi connectivity index (χ2n) is 4.67. The molecule has 0 bridgehead atoms. The third-order valence-electron chi connectivity index (χ3n) is 2.37. The second-order valence-corrected chi connectivity index (χ2v) is 4.67. The van der Waals surface area contributed by atoms with Crippen molar-refractivity contribution in [1.29, 1.82) is 0 Å². The minimum atomic E-state index is 0.931. The Balaban J connectivity index is 0.000000316. The Hall–Kier alpha value is -2.69. The zero-order valence-corrected chi connectivity index (χ0v) is 14.3. The van der Waals surface area contributed by atoms with Gasteiger partial charge in [-0.2, -0.15) is 10.2 Å². The van der Waals surface area contributed by atoms with Crippen LogP contribution < -0.4 is 0 Å². The highest BCUT2D eigenvalue weighted by atomic mass is 15.1. The minimum Gasteiger partial charge on any atom is -0.296 e. The molecule has 2 rings (SSSR count). The fraction of sp³-hybridized carbons (Fsp3) is 0.278. The molecule has 0 amide bonds. The molecule has 1 aliphatic rings. The lowest BCUT2D eigenvalue weighted by Gasteiger charge is -1.84. The van der Waals surface area contributed by atoms with Gasteiger partial charge in [0.05, 0.1) is 5.69 Å². The van der Waals surface area contributed by atoms with Gasteiger partial charge in [0.1, 0.15) is 6.34 Å². The largest absolute Gasteiger partial charge is 0.296 e. The molecule has 1 aromatic rings. The first-order valence-electron chi connectivity index (χ1n) is 7.24. The van der Waals surface area contributed by atoms with Crippen LogP contribution in [0.2, 0.25) is 0 Å². The van der Waals surface area contributed by atoms with Crippen molar-refractivity contribution in [2.75, 3.05) is 7.05 Å². The highest BCUT2D eigenvalue weighted by molar-refractivity contribution is 5.77. The van der Waals surface area contributed by atoms with E-state index in [9.17, 15) is 0 Å². The monoisotopic (exact) mass is 311 g/mol. The molecule has 2 heterocycles. The van der Waals surface area contributed by atoms with Crippen molar-refractivity contribution >= 4 is 18.8 Å². The van der Waals surface area contributed by atoms with Crippen LogP contribution >= 0.6 is 0 Å². The Morgan fingerprint density at radius 3 is 2.61 bits per heavy atom. The molecule has 1 aromatic heterocycles. The average Bonchev–Trinajstić information content (AvgIpc) is 2.77. The van der Waals surface area contributed by atoms with Crippen LogP contribution in [0.5, 0.6) is 0 Å². The number of aryl methyl sites for hydroxylation is 1. The van der Waals surface area contributed by atoms with Crippen molar-refractivity contribution in [3.63, 3.8) is 0 Å². The molecule has 5 heteroatoms. The molecule has 0 N–H and O–H groups in total. The van der Waals surface area contributed by atoms with Crippen LogP contribution in [0.15, 0.2) is 69.4 Å². The van der Waals surface area contributed by atoms with E-state index >= 15 is 0 Å². The molecule has 0 saturated carbocycles. The van der Waals surface area contributed by atoms with E-state index in [1.807, 2.05) is 51.4 Å². The molecule has 0 saturated heterocycles. The van der Waals surface area contributed by atoms with E-state index in [-0.39, 0.29) is 0 Å². The first-order chi connectivity index (χ1) is 11.1. The fourth-order valence-electron chi connectivity index (χ4n) is 1.31. The third-order valence-corrected chi connectivity index (χ3v) is 2.37. The fourth-order valence-corrected chi connectivity index (χ4v) is 1.31. The molecule has 122 valence electrons. The van der Waals surface area contributed by atoms with Crippen molar-refractivity contribution in [3.05, 3.63) is 60.1 Å². The van der Waals surface area contributed by atoms with Gasteiger partial charge >= 0.3 is 0 Å². The molecule has 1 aliphatic heterocycles. The van der Waals surface area contributed by atoms with Gasteiger partial charge in [0.15, 0.2) is 0 Å². The Kier molecular flexibility index (Phi) is 12.6. The van der Waals surface area contributed by atoms with Crippen molar-refractivity contribution in [1.82, 2.24) is 10.2 Å². The lowest BCUT2D eigenvalue weighted by Crippen LogP contribution is -1.79. The summed E-state index contributed by atoms with van der Waals surface area (Å²) in [5.74, 6) is 0. The smallest absolute Gasteiger partial charge is 0.114 e. The van der Waals surface area contributed by atoms with Gasteiger partial charge in [-0.3, -0.25) is 4.99 Å². The van der Waals surface area contributed by atoms with Crippen molar-refractivity contribution < 1.29 is 0 Å². The average molecular weight is 311 g/mol. The van der Waals surface area contributed by atoms with Gasteiger partial charge in [0.25, 0.3) is 0 Å². The Bertz CT molecular complexity index is 581. The summed E-state index contributed by atoms with van der Waals surface area (Å²) in [6.07, 6.45) is 13.3. The standard InChI is InChI=1S/C7H11N.C6H8N2.C5H6N2/c1-4-5-7(2)6-8-3;1-6-2-3-7-5-8-4-6;1-5-3-2-4-6-7-5/h4-6H,1H2,2-3H3;3-5H,2H2,1H3;2-4H,1H3/b7-5-,8-6?;;. The van der Waals surface area contributed by atoms with Gasteiger partial charge in [-0.15, -0.1) is 0 Å². The van der Waals surface area contributed by atoms with E-state index in [1.54, 1.807) is 31.9 Å². The Morgan fingerprint density at radius 1 is 1.30 bits per heavy atom. The SMILES string of the molecule is C=C/C=C(/C)C=NC.CC1=CN=CN=CC1.Cc1cccnn1. The molecule has 0 atom stereocenters. The van der Waals surface area contributed by atoms with E-state index in [0.717, 1.165) is 17.7 Å². The van der Waals surface area contributed by atoms with E-state index in [0.29, 0.717) is 0 Å². The Labute approximate surface area is 139 Å². The Morgan fingerprint density at radius 2 is 2.09 bits per heavy atom. The maximum Gasteiger partial charge on any atom is 0.114 e. The van der Waals surface area contributed by atoms with E-state index in [2.05, 4.69) is 31.8 Å². The van der Waals surface area contributed by atoms with Crippen molar-refractivity contribution in [2.45, 2.75) is 27.2 Å². The van der Waals surface area contributed by atoms with Gasteiger partial charge in [-0.25, -0.2) is 9.98 Å². The topological polar surface area (TPSA) is 62.9 Å². The summed E-state index contributed by atoms with van der Waals surface area (Å²) in [5.41, 5.74) is 3.34. The lowest BCUT2D eigenvalue weighted by molar-refractivity contribution is 0.980. The molecule has 0 radical (unpaired) electrons. The highest BCUT2D eigenvalue weighted by Gasteiger charge is 1.85. The molecule has 0 fully saturated rings. The summed E-state index contributed by atoms with van der Waals surface area (Å²) in [6.45, 7) is 9.47. The van der Waals surface area contributed by atoms with Gasteiger partial charge in [-0.05, 0) is 44.1 Å². The maximum atomic E-state index is 3.87. The lowest BCUT2D eigenvalue weighted by atomic mass is 10.2. The van der Waals surface area contributed by atoms with Crippen LogP contribution in [-0.4, -0.2) is 36.0 Å². The summed E-state index contributed by atoms with van der Waals surface area (Å²) in [4.78, 5) is 11.5. The zero-order chi connectivity index (χ0) is 17.3. The summed E-state index contributed by atoms with van der Waals surface area (Å²) < 4.78 is 0. The molecule has 0 unspecified atom stereocenters. The minimum absolute atomic E-state index is 0.931. The summed E-state index contributed by atoms with van der Waals surface area (Å²) in [7, 11) is 1.75. The van der Waals surface area contributed by atoms with Crippen LogP contribution in [0.3, 0.4) is 0 Å². The van der Waals surface area contributed by atoms with Crippen molar-refractivity contribution in [2.24, 2.45) is 15.0 Å². The number of hydrogen-bond acceptors (Lipinski definition) is 5. The third kappa shape index (κ3) is 14.0.